The molecule has 0 aliphatic heterocycles. The summed E-state index contributed by atoms with van der Waals surface area (Å²) >= 11 is 5.19. The van der Waals surface area contributed by atoms with Gasteiger partial charge >= 0.3 is 0 Å². The van der Waals surface area contributed by atoms with Crippen molar-refractivity contribution in [2.24, 2.45) is 0 Å². The number of phenols is 1. The second-order valence-corrected chi connectivity index (χ2v) is 4.08. The molecule has 0 spiro atoms. The molecule has 1 aromatic heterocycles. The van der Waals surface area contributed by atoms with Crippen molar-refractivity contribution in [2.45, 2.75) is 4.90 Å². The van der Waals surface area contributed by atoms with Crippen LogP contribution < -0.4 is 0 Å². The molecule has 0 amide bonds. The van der Waals surface area contributed by atoms with Gasteiger partial charge in [-0.15, -0.1) is 24.0 Å². The van der Waals surface area contributed by atoms with Crippen molar-refractivity contribution in [1.29, 1.82) is 0 Å². The number of phenolic OH excluding ortho intramolecular Hbond substituents is 1. The van der Waals surface area contributed by atoms with E-state index in [1.54, 1.807) is 11.4 Å². The number of thiophene rings is 1. The smallest absolute Gasteiger partial charge is 0.288 e. The van der Waals surface area contributed by atoms with E-state index in [1.165, 1.54) is 17.4 Å². The van der Waals surface area contributed by atoms with Gasteiger partial charge in [-0.25, -0.2) is 0 Å². The number of hydrogen-bond acceptors (Lipinski definition) is 5. The van der Waals surface area contributed by atoms with E-state index in [1.807, 2.05) is 0 Å². The van der Waals surface area contributed by atoms with Crippen LogP contribution in [0.15, 0.2) is 22.4 Å². The summed E-state index contributed by atoms with van der Waals surface area (Å²) in [6.45, 7) is 0. The molecule has 0 saturated carbocycles. The van der Waals surface area contributed by atoms with Crippen molar-refractivity contribution >= 4 is 39.7 Å². The lowest BCUT2D eigenvalue weighted by atomic mass is 10.2. The van der Waals surface area contributed by atoms with Crippen molar-refractivity contribution in [3.05, 3.63) is 27.6 Å². The van der Waals surface area contributed by atoms with Crippen LogP contribution in [0.25, 0.3) is 10.1 Å². The summed E-state index contributed by atoms with van der Waals surface area (Å²) in [7, 11) is 0. The van der Waals surface area contributed by atoms with Gasteiger partial charge in [-0.3, -0.25) is 10.1 Å². The van der Waals surface area contributed by atoms with E-state index in [4.69, 9.17) is 0 Å². The van der Waals surface area contributed by atoms with E-state index in [9.17, 15) is 15.2 Å². The quantitative estimate of drug-likeness (QED) is 0.447. The van der Waals surface area contributed by atoms with E-state index >= 15 is 0 Å². The maximum atomic E-state index is 10.7. The van der Waals surface area contributed by atoms with Crippen molar-refractivity contribution < 1.29 is 10.0 Å². The summed E-state index contributed by atoms with van der Waals surface area (Å²) in [6, 6.07) is 2.90. The Morgan fingerprint density at radius 2 is 2.29 bits per heavy atom. The number of benzene rings is 1. The lowest BCUT2D eigenvalue weighted by molar-refractivity contribution is -0.383. The number of non-ortho nitro benzene ring substituents is 1. The number of aromatic hydroxyl groups is 1. The minimum Gasteiger partial charge on any atom is -0.506 e. The predicted octanol–water partition coefficient (Wildman–Crippen LogP) is 2.80. The number of thiol groups is 1. The fourth-order valence-electron chi connectivity index (χ4n) is 1.23. The van der Waals surface area contributed by atoms with Crippen molar-refractivity contribution in [2.75, 3.05) is 0 Å². The summed E-state index contributed by atoms with van der Waals surface area (Å²) < 4.78 is 0.477. The molecule has 4 nitrogen and oxygen atoms in total. The molecule has 0 bridgehead atoms. The van der Waals surface area contributed by atoms with Gasteiger partial charge in [0.1, 0.15) is 10.4 Å². The van der Waals surface area contributed by atoms with Crippen LogP contribution in [0.4, 0.5) is 5.69 Å². The number of hydrogen-bond donors (Lipinski definition) is 2. The van der Waals surface area contributed by atoms with Crippen LogP contribution in [-0.4, -0.2) is 10.0 Å². The van der Waals surface area contributed by atoms with Gasteiger partial charge in [0.05, 0.1) is 9.82 Å². The molecule has 14 heavy (non-hydrogen) atoms. The average Bonchev–Trinajstić information content (AvgIpc) is 2.59. The summed E-state index contributed by atoms with van der Waals surface area (Å²) in [6.07, 6.45) is 0. The maximum Gasteiger partial charge on any atom is 0.288 e. The lowest BCUT2D eigenvalue weighted by Crippen LogP contribution is -1.88. The third-order valence-corrected chi connectivity index (χ3v) is 3.14. The fraction of sp³-hybridized carbons (Fsp3) is 0. The first-order valence-electron chi connectivity index (χ1n) is 3.68. The number of nitro benzene ring substituents is 1. The first-order chi connectivity index (χ1) is 6.61. The van der Waals surface area contributed by atoms with E-state index < -0.39 is 4.92 Å². The zero-order chi connectivity index (χ0) is 10.3. The van der Waals surface area contributed by atoms with Crippen LogP contribution >= 0.6 is 24.0 Å². The Morgan fingerprint density at radius 1 is 1.57 bits per heavy atom. The maximum absolute atomic E-state index is 10.7. The first-order valence-corrected chi connectivity index (χ1v) is 5.00. The van der Waals surface area contributed by atoms with E-state index in [0.717, 1.165) is 0 Å². The molecule has 6 heteroatoms. The Balaban J connectivity index is 2.91. The second kappa shape index (κ2) is 3.14. The monoisotopic (exact) mass is 227 g/mol. The van der Waals surface area contributed by atoms with Gasteiger partial charge in [0, 0.05) is 11.5 Å². The van der Waals surface area contributed by atoms with Crippen LogP contribution in [0, 0.1) is 10.1 Å². The van der Waals surface area contributed by atoms with E-state index in [-0.39, 0.29) is 16.3 Å². The molecule has 2 aromatic rings. The second-order valence-electron chi connectivity index (χ2n) is 2.68. The molecule has 72 valence electrons. The minimum atomic E-state index is -0.474. The molecule has 0 radical (unpaired) electrons. The molecule has 1 N–H and O–H groups in total. The van der Waals surface area contributed by atoms with Crippen LogP contribution in [0.2, 0.25) is 0 Å². The van der Waals surface area contributed by atoms with Gasteiger partial charge in [0.15, 0.2) is 0 Å². The Morgan fingerprint density at radius 3 is 2.93 bits per heavy atom. The summed E-state index contributed by atoms with van der Waals surface area (Å²) in [5, 5.41) is 22.4. The van der Waals surface area contributed by atoms with Gasteiger partial charge in [-0.05, 0) is 11.4 Å². The Kier molecular flexibility index (Phi) is 2.09. The topological polar surface area (TPSA) is 63.4 Å². The first kappa shape index (κ1) is 9.29. The summed E-state index contributed by atoms with van der Waals surface area (Å²) in [5.74, 6) is -0.00446. The molecule has 0 aliphatic carbocycles. The SMILES string of the molecule is O=[N+]([O-])c1cc(S)c(O)c2ccsc12. The minimum absolute atomic E-state index is 0.00446. The predicted molar refractivity (Wildman–Crippen MR) is 57.4 cm³/mol. The molecule has 0 fully saturated rings. The number of nitro groups is 1. The van der Waals surface area contributed by atoms with E-state index in [0.29, 0.717) is 10.1 Å². The normalized spacial score (nSPS) is 10.6. The van der Waals surface area contributed by atoms with Crippen LogP contribution in [0.1, 0.15) is 0 Å². The molecule has 1 heterocycles. The highest BCUT2D eigenvalue weighted by Gasteiger charge is 2.17. The zero-order valence-electron chi connectivity index (χ0n) is 6.80. The van der Waals surface area contributed by atoms with Crippen LogP contribution in [-0.2, 0) is 0 Å². The van der Waals surface area contributed by atoms with Gasteiger partial charge in [-0.2, -0.15) is 0 Å². The molecule has 0 saturated heterocycles. The third-order valence-electron chi connectivity index (χ3n) is 1.87. The van der Waals surface area contributed by atoms with Gasteiger partial charge in [0.25, 0.3) is 5.69 Å². The summed E-state index contributed by atoms with van der Waals surface area (Å²) in [5.41, 5.74) is -0.0159. The van der Waals surface area contributed by atoms with Crippen LogP contribution in [0.3, 0.4) is 0 Å². The highest BCUT2D eigenvalue weighted by Crippen LogP contribution is 2.40. The van der Waals surface area contributed by atoms with Gasteiger partial charge in [0.2, 0.25) is 0 Å². The molecule has 0 unspecified atom stereocenters. The number of rotatable bonds is 1. The van der Waals surface area contributed by atoms with Crippen molar-refractivity contribution in [3.8, 4) is 5.75 Å². The molecular weight excluding hydrogens is 222 g/mol. The van der Waals surface area contributed by atoms with Gasteiger partial charge in [-0.1, -0.05) is 0 Å². The fourth-order valence-corrected chi connectivity index (χ4v) is 2.36. The molecule has 0 aliphatic rings. The zero-order valence-corrected chi connectivity index (χ0v) is 8.51. The largest absolute Gasteiger partial charge is 0.506 e. The Hall–Kier alpha value is -1.27. The highest BCUT2D eigenvalue weighted by atomic mass is 32.1. The van der Waals surface area contributed by atoms with E-state index in [2.05, 4.69) is 12.6 Å². The Labute approximate surface area is 88.4 Å². The van der Waals surface area contributed by atoms with Crippen molar-refractivity contribution in [3.63, 3.8) is 0 Å². The summed E-state index contributed by atoms with van der Waals surface area (Å²) in [4.78, 5) is 10.4. The highest BCUT2D eigenvalue weighted by molar-refractivity contribution is 7.80. The third kappa shape index (κ3) is 1.23. The number of nitrogens with zero attached hydrogens (tertiary/aromatic N) is 1. The lowest BCUT2D eigenvalue weighted by Gasteiger charge is -2.00. The number of fused-ring (bicyclic) bond motifs is 1. The van der Waals surface area contributed by atoms with Crippen molar-refractivity contribution in [1.82, 2.24) is 0 Å². The van der Waals surface area contributed by atoms with Crippen LogP contribution in [0.5, 0.6) is 5.75 Å². The molecule has 1 aromatic carbocycles. The standard InChI is InChI=1S/C8H5NO3S2/c10-7-4-1-2-14-8(4)5(9(11)12)3-6(7)13/h1-3,10,13H. The molecule has 2 rings (SSSR count). The molecule has 0 atom stereocenters. The Bertz CT molecular complexity index is 521. The molecular formula is C8H5NO3S2. The average molecular weight is 227 g/mol. The van der Waals surface area contributed by atoms with Gasteiger partial charge < -0.3 is 5.11 Å².